The first-order valence-electron chi connectivity index (χ1n) is 9.25. The van der Waals surface area contributed by atoms with E-state index >= 15 is 0 Å². The molecule has 0 aliphatic carbocycles. The monoisotopic (exact) mass is 400 g/mol. The Balaban J connectivity index is 2.07. The van der Waals surface area contributed by atoms with Crippen molar-refractivity contribution in [3.63, 3.8) is 0 Å². The van der Waals surface area contributed by atoms with E-state index in [1.165, 1.54) is 10.4 Å². The second-order valence-corrected chi connectivity index (χ2v) is 14.1. The summed E-state index contributed by atoms with van der Waals surface area (Å²) < 4.78 is 19.2. The van der Waals surface area contributed by atoms with E-state index in [-0.39, 0.29) is 11.6 Å². The van der Waals surface area contributed by atoms with Gasteiger partial charge in [0.2, 0.25) is 0 Å². The molecule has 2 aromatic rings. The van der Waals surface area contributed by atoms with E-state index in [1.54, 1.807) is 0 Å². The Morgan fingerprint density at radius 3 is 1.93 bits per heavy atom. The fourth-order valence-corrected chi connectivity index (χ4v) is 10.1. The molecule has 3 atom stereocenters. The van der Waals surface area contributed by atoms with Gasteiger partial charge in [0.1, 0.15) is 0 Å². The van der Waals surface area contributed by atoms with Crippen LogP contribution in [0.4, 0.5) is 0 Å². The van der Waals surface area contributed by atoms with Crippen LogP contribution in [0, 0.1) is 0 Å². The molecule has 1 aliphatic heterocycles. The maximum atomic E-state index is 12.5. The molecule has 0 saturated carbocycles. The minimum Gasteiger partial charge on any atom is -0.406 e. The lowest BCUT2D eigenvalue weighted by molar-refractivity contribution is 0.177. The fraction of sp³-hybridized carbons (Fsp3) is 0.364. The minimum absolute atomic E-state index is 0.141. The third-order valence-electron chi connectivity index (χ3n) is 5.32. The minimum atomic E-state index is -2.67. The Morgan fingerprint density at radius 2 is 1.56 bits per heavy atom. The van der Waals surface area contributed by atoms with E-state index in [9.17, 15) is 9.32 Å². The molecule has 0 amide bonds. The molecule has 0 bridgehead atoms. The number of rotatable bonds is 5. The molecule has 1 heterocycles. The van der Waals surface area contributed by atoms with Crippen LogP contribution in [0.2, 0.25) is 5.04 Å². The summed E-state index contributed by atoms with van der Waals surface area (Å²) in [5, 5.41) is 12.2. The zero-order chi connectivity index (χ0) is 19.7. The van der Waals surface area contributed by atoms with Crippen LogP contribution in [-0.2, 0) is 15.2 Å². The molecule has 1 fully saturated rings. The molecule has 3 nitrogen and oxygen atoms in total. The molecule has 1 unspecified atom stereocenters. The highest BCUT2D eigenvalue weighted by Crippen LogP contribution is 2.37. The van der Waals surface area contributed by atoms with Gasteiger partial charge in [0, 0.05) is 16.6 Å². The van der Waals surface area contributed by atoms with Crippen molar-refractivity contribution in [2.75, 3.05) is 12.4 Å². The third kappa shape index (κ3) is 3.74. The summed E-state index contributed by atoms with van der Waals surface area (Å²) in [5.41, 5.74) is 0.643. The highest BCUT2D eigenvalue weighted by atomic mass is 32.2. The highest BCUT2D eigenvalue weighted by Gasteiger charge is 2.51. The van der Waals surface area contributed by atoms with Gasteiger partial charge in [-0.1, -0.05) is 88.0 Å². The number of aliphatic hydroxyl groups excluding tert-OH is 1. The quantitative estimate of drug-likeness (QED) is 0.620. The van der Waals surface area contributed by atoms with Gasteiger partial charge in [0.05, 0.1) is 18.0 Å². The molecule has 5 heteroatoms. The van der Waals surface area contributed by atoms with Crippen LogP contribution in [0.1, 0.15) is 20.8 Å². The molecule has 27 heavy (non-hydrogen) atoms. The van der Waals surface area contributed by atoms with Crippen LogP contribution in [0.25, 0.3) is 0 Å². The van der Waals surface area contributed by atoms with Gasteiger partial charge >= 0.3 is 0 Å². The van der Waals surface area contributed by atoms with Crippen LogP contribution < -0.4 is 10.4 Å². The Kier molecular flexibility index (Phi) is 5.86. The molecule has 3 rings (SSSR count). The predicted octanol–water partition coefficient (Wildman–Crippen LogP) is 2.61. The second-order valence-electron chi connectivity index (χ2n) is 8.14. The van der Waals surface area contributed by atoms with Gasteiger partial charge in [-0.3, -0.25) is 4.21 Å². The molecule has 1 aliphatic rings. The first kappa shape index (κ1) is 20.2. The molecular formula is C22H28O3SSi. The molecule has 1 N–H and O–H groups in total. The Hall–Kier alpha value is -1.53. The average molecular weight is 401 g/mol. The van der Waals surface area contributed by atoms with Crippen LogP contribution in [0.3, 0.4) is 0 Å². The van der Waals surface area contributed by atoms with Crippen LogP contribution in [0.15, 0.2) is 72.8 Å². The van der Waals surface area contributed by atoms with Crippen LogP contribution >= 0.6 is 0 Å². The standard InChI is InChI=1S/C22H28O3SSi/c1-17-16-26(24)20(21(17)23)15-25-27(22(2,3)4,18-11-7-5-8-12-18)19-13-9-6-10-14-19/h5-14,20-21,23H,1,15-16H2,2-4H3/t20-,21+,26?/m1/s1. The molecule has 0 radical (unpaired) electrons. The predicted molar refractivity (Wildman–Crippen MR) is 116 cm³/mol. The van der Waals surface area contributed by atoms with E-state index in [0.29, 0.717) is 11.3 Å². The van der Waals surface area contributed by atoms with E-state index < -0.39 is 30.5 Å². The lowest BCUT2D eigenvalue weighted by atomic mass is 10.1. The number of aliphatic hydroxyl groups is 1. The van der Waals surface area contributed by atoms with Crippen molar-refractivity contribution in [2.45, 2.75) is 37.2 Å². The summed E-state index contributed by atoms with van der Waals surface area (Å²) in [5.74, 6) is 0.357. The van der Waals surface area contributed by atoms with E-state index in [2.05, 4.69) is 51.6 Å². The summed E-state index contributed by atoms with van der Waals surface area (Å²) in [6.45, 7) is 10.7. The van der Waals surface area contributed by atoms with Crippen LogP contribution in [0.5, 0.6) is 0 Å². The second kappa shape index (κ2) is 7.84. The maximum Gasteiger partial charge on any atom is 0.261 e. The average Bonchev–Trinajstić information content (AvgIpc) is 2.88. The SMILES string of the molecule is C=C1CS(=O)[C@H](CO[Si](c2ccccc2)(c2ccccc2)C(C)(C)C)[C@H]1O. The number of hydrogen-bond donors (Lipinski definition) is 1. The topological polar surface area (TPSA) is 46.5 Å². The maximum absolute atomic E-state index is 12.5. The molecule has 2 aromatic carbocycles. The Morgan fingerprint density at radius 1 is 1.07 bits per heavy atom. The molecular weight excluding hydrogens is 372 g/mol. The summed E-state index contributed by atoms with van der Waals surface area (Å²) in [6.07, 6.45) is -0.760. The first-order valence-corrected chi connectivity index (χ1v) is 12.5. The molecule has 0 aromatic heterocycles. The van der Waals surface area contributed by atoms with Crippen molar-refractivity contribution in [3.05, 3.63) is 72.8 Å². The molecule has 1 saturated heterocycles. The smallest absolute Gasteiger partial charge is 0.261 e. The van der Waals surface area contributed by atoms with Gasteiger partial charge in [-0.05, 0) is 21.0 Å². The highest BCUT2D eigenvalue weighted by molar-refractivity contribution is 7.86. The zero-order valence-corrected chi connectivity index (χ0v) is 18.0. The van der Waals surface area contributed by atoms with E-state index in [4.69, 9.17) is 4.43 Å². The largest absolute Gasteiger partial charge is 0.406 e. The summed E-state index contributed by atoms with van der Waals surface area (Å²) in [6, 6.07) is 20.7. The van der Waals surface area contributed by atoms with Gasteiger partial charge < -0.3 is 9.53 Å². The summed E-state index contributed by atoms with van der Waals surface area (Å²) >= 11 is 0. The Bertz CT molecular complexity index is 775. The van der Waals surface area contributed by atoms with Gasteiger partial charge in [-0.25, -0.2) is 0 Å². The lowest BCUT2D eigenvalue weighted by Gasteiger charge is -2.43. The molecule has 0 spiro atoms. The lowest BCUT2D eigenvalue weighted by Crippen LogP contribution is -2.67. The normalized spacial score (nSPS) is 23.6. The van der Waals surface area contributed by atoms with Gasteiger partial charge in [0.25, 0.3) is 8.32 Å². The molecule has 144 valence electrons. The van der Waals surface area contributed by atoms with Crippen molar-refractivity contribution in [3.8, 4) is 0 Å². The fourth-order valence-electron chi connectivity index (χ4n) is 3.92. The van der Waals surface area contributed by atoms with Crippen molar-refractivity contribution in [1.29, 1.82) is 0 Å². The Labute approximate surface area is 165 Å². The number of benzene rings is 2. The first-order chi connectivity index (χ1) is 12.8. The van der Waals surface area contributed by atoms with Gasteiger partial charge in [-0.2, -0.15) is 0 Å². The van der Waals surface area contributed by atoms with Crippen molar-refractivity contribution in [2.24, 2.45) is 0 Å². The summed E-state index contributed by atoms with van der Waals surface area (Å²) in [4.78, 5) is 0. The van der Waals surface area contributed by atoms with Crippen molar-refractivity contribution in [1.82, 2.24) is 0 Å². The van der Waals surface area contributed by atoms with Gasteiger partial charge in [-0.15, -0.1) is 0 Å². The van der Waals surface area contributed by atoms with Gasteiger partial charge in [0.15, 0.2) is 0 Å². The van der Waals surface area contributed by atoms with Crippen molar-refractivity contribution >= 4 is 29.5 Å². The summed E-state index contributed by atoms with van der Waals surface area (Å²) in [7, 11) is -3.82. The number of hydrogen-bond acceptors (Lipinski definition) is 3. The van der Waals surface area contributed by atoms with Crippen LogP contribution in [-0.4, -0.2) is 41.3 Å². The third-order valence-corrected chi connectivity index (χ3v) is 12.0. The van der Waals surface area contributed by atoms with E-state index in [0.717, 1.165) is 0 Å². The van der Waals surface area contributed by atoms with E-state index in [1.807, 2.05) is 36.4 Å². The van der Waals surface area contributed by atoms with Crippen molar-refractivity contribution < 1.29 is 13.7 Å². The zero-order valence-electron chi connectivity index (χ0n) is 16.2.